The Balaban J connectivity index is 1.44. The molecule has 2 N–H and O–H groups in total. The largest absolute Gasteiger partial charge is 0.492 e. The fourth-order valence-electron chi connectivity index (χ4n) is 4.10. The minimum atomic E-state index is -0.759. The van der Waals surface area contributed by atoms with E-state index in [1.807, 2.05) is 0 Å². The summed E-state index contributed by atoms with van der Waals surface area (Å²) >= 11 is 0. The maximum atomic E-state index is 14.7. The van der Waals surface area contributed by atoms with E-state index in [-0.39, 0.29) is 42.4 Å². The van der Waals surface area contributed by atoms with Gasteiger partial charge in [0.15, 0.2) is 0 Å². The smallest absolute Gasteiger partial charge is 0.407 e. The van der Waals surface area contributed by atoms with Gasteiger partial charge in [-0.15, -0.1) is 0 Å². The monoisotopic (exact) mass is 473 g/mol. The van der Waals surface area contributed by atoms with Crippen LogP contribution in [0.4, 0.5) is 19.3 Å². The highest BCUT2D eigenvalue weighted by atomic mass is 19.1. The highest BCUT2D eigenvalue weighted by molar-refractivity contribution is 6.06. The lowest BCUT2D eigenvalue weighted by atomic mass is 9.96. The molecule has 0 radical (unpaired) electrons. The Bertz CT molecular complexity index is 1120. The molecule has 3 amide bonds. The summed E-state index contributed by atoms with van der Waals surface area (Å²) in [5.74, 6) is -1.51. The van der Waals surface area contributed by atoms with Gasteiger partial charge in [0.2, 0.25) is 5.91 Å². The average molecular weight is 473 g/mol. The van der Waals surface area contributed by atoms with Crippen molar-refractivity contribution in [2.75, 3.05) is 31.6 Å². The van der Waals surface area contributed by atoms with E-state index in [4.69, 9.17) is 9.47 Å². The molecule has 2 aromatic carbocycles. The lowest BCUT2D eigenvalue weighted by Gasteiger charge is -2.28. The van der Waals surface area contributed by atoms with Gasteiger partial charge in [0.1, 0.15) is 24.0 Å². The Morgan fingerprint density at radius 2 is 2.00 bits per heavy atom. The quantitative estimate of drug-likeness (QED) is 0.667. The van der Waals surface area contributed by atoms with Gasteiger partial charge >= 0.3 is 6.09 Å². The number of carbonyl (C=O) groups is 3. The van der Waals surface area contributed by atoms with Gasteiger partial charge in [0.25, 0.3) is 5.91 Å². The molecule has 1 fully saturated rings. The number of likely N-dealkylation sites (tertiary alicyclic amines) is 1. The molecular formula is C24H25F2N3O5. The van der Waals surface area contributed by atoms with Crippen molar-refractivity contribution in [3.63, 3.8) is 0 Å². The van der Waals surface area contributed by atoms with Crippen LogP contribution in [0.5, 0.6) is 5.75 Å². The Kier molecular flexibility index (Phi) is 6.95. The van der Waals surface area contributed by atoms with Crippen molar-refractivity contribution in [3.8, 4) is 5.75 Å². The van der Waals surface area contributed by atoms with Crippen LogP contribution in [0.1, 0.15) is 46.8 Å². The fourth-order valence-corrected chi connectivity index (χ4v) is 4.10. The zero-order valence-corrected chi connectivity index (χ0v) is 18.7. The number of fused-ring (bicyclic) bond motifs is 1. The van der Waals surface area contributed by atoms with Crippen LogP contribution >= 0.6 is 0 Å². The van der Waals surface area contributed by atoms with Gasteiger partial charge in [-0.2, -0.15) is 0 Å². The number of halogens is 2. The minimum Gasteiger partial charge on any atom is -0.492 e. The number of rotatable bonds is 6. The molecule has 1 saturated heterocycles. The molecule has 0 unspecified atom stereocenters. The Hall–Kier alpha value is -3.69. The molecule has 180 valence electrons. The van der Waals surface area contributed by atoms with E-state index in [0.29, 0.717) is 30.8 Å². The van der Waals surface area contributed by atoms with Crippen LogP contribution in [0.15, 0.2) is 30.3 Å². The highest BCUT2D eigenvalue weighted by Gasteiger charge is 2.31. The third-order valence-electron chi connectivity index (χ3n) is 5.86. The van der Waals surface area contributed by atoms with Crippen molar-refractivity contribution in [3.05, 3.63) is 58.7 Å². The van der Waals surface area contributed by atoms with Crippen molar-refractivity contribution in [1.29, 1.82) is 0 Å². The molecule has 0 aliphatic carbocycles. The minimum absolute atomic E-state index is 0.0235. The Morgan fingerprint density at radius 1 is 1.21 bits per heavy atom. The highest BCUT2D eigenvalue weighted by Crippen LogP contribution is 2.37. The number of ether oxygens (including phenoxy) is 2. The van der Waals surface area contributed by atoms with Crippen molar-refractivity contribution in [2.45, 2.75) is 32.2 Å². The fraction of sp³-hybridized carbons (Fsp3) is 0.375. The Morgan fingerprint density at radius 3 is 2.74 bits per heavy atom. The van der Waals surface area contributed by atoms with Gasteiger partial charge in [0, 0.05) is 25.1 Å². The molecule has 8 nitrogen and oxygen atoms in total. The second kappa shape index (κ2) is 10.1. The number of alkyl carbamates (subject to hydrolysis) is 1. The number of hydrogen-bond donors (Lipinski definition) is 2. The van der Waals surface area contributed by atoms with Gasteiger partial charge in [-0.05, 0) is 49.2 Å². The van der Waals surface area contributed by atoms with Crippen molar-refractivity contribution < 1.29 is 32.6 Å². The van der Waals surface area contributed by atoms with E-state index in [1.165, 1.54) is 24.3 Å². The predicted octanol–water partition coefficient (Wildman–Crippen LogP) is 3.70. The maximum Gasteiger partial charge on any atom is 0.407 e. The summed E-state index contributed by atoms with van der Waals surface area (Å²) in [5, 5.41) is 5.28. The molecule has 0 saturated carbocycles. The zero-order chi connectivity index (χ0) is 24.2. The normalized spacial score (nSPS) is 17.1. The summed E-state index contributed by atoms with van der Waals surface area (Å²) < 4.78 is 39.0. The van der Waals surface area contributed by atoms with Gasteiger partial charge in [0.05, 0.1) is 30.3 Å². The van der Waals surface area contributed by atoms with Crippen molar-refractivity contribution >= 4 is 23.6 Å². The summed E-state index contributed by atoms with van der Waals surface area (Å²) in [7, 11) is 0. The van der Waals surface area contributed by atoms with E-state index < -0.39 is 29.7 Å². The number of aryl methyl sites for hydroxylation is 1. The average Bonchev–Trinajstić information content (AvgIpc) is 3.21. The molecule has 10 heteroatoms. The molecule has 4 rings (SSSR count). The zero-order valence-electron chi connectivity index (χ0n) is 18.7. The Labute approximate surface area is 195 Å². The van der Waals surface area contributed by atoms with E-state index in [0.717, 1.165) is 12.5 Å². The number of nitrogens with one attached hydrogen (secondary N) is 2. The van der Waals surface area contributed by atoms with Crippen molar-refractivity contribution in [1.82, 2.24) is 10.2 Å². The van der Waals surface area contributed by atoms with E-state index in [2.05, 4.69) is 10.6 Å². The first-order chi connectivity index (χ1) is 16.3. The standard InChI is InChI=1S/C24H25F2N3O5/c1-14-13-15(4-6-17(14)25)27-23(31)16-5-7-18(26)21-19(8-11-33-22(16)21)28-24(32)34-12-10-29-9-2-3-20(29)30/h4-7,13,19H,2-3,8-12H2,1H3,(H,27,31)(H,28,32)/t19-/m0/s1. The van der Waals surface area contributed by atoms with Crippen LogP contribution in [0.25, 0.3) is 0 Å². The molecule has 2 aliphatic heterocycles. The van der Waals surface area contributed by atoms with Crippen LogP contribution in [0.2, 0.25) is 0 Å². The second-order valence-corrected chi connectivity index (χ2v) is 8.21. The summed E-state index contributed by atoms with van der Waals surface area (Å²) in [4.78, 5) is 38.4. The number of anilines is 1. The SMILES string of the molecule is Cc1cc(NC(=O)c2ccc(F)c3c2OCC[C@@H]3NC(=O)OCCN2CCCC2=O)ccc1F. The first-order valence-corrected chi connectivity index (χ1v) is 11.1. The molecule has 1 atom stereocenters. The first kappa shape index (κ1) is 23.5. The number of benzene rings is 2. The summed E-state index contributed by atoms with van der Waals surface area (Å²) in [6.07, 6.45) is 0.827. The van der Waals surface area contributed by atoms with Crippen LogP contribution in [-0.4, -0.2) is 49.1 Å². The third kappa shape index (κ3) is 5.11. The molecule has 2 heterocycles. The van der Waals surface area contributed by atoms with E-state index in [9.17, 15) is 23.2 Å². The predicted molar refractivity (Wildman–Crippen MR) is 119 cm³/mol. The van der Waals surface area contributed by atoms with Crippen LogP contribution in [0.3, 0.4) is 0 Å². The summed E-state index contributed by atoms with van der Waals surface area (Å²) in [6.45, 7) is 2.70. The first-order valence-electron chi connectivity index (χ1n) is 11.1. The lowest BCUT2D eigenvalue weighted by molar-refractivity contribution is -0.128. The van der Waals surface area contributed by atoms with Crippen LogP contribution in [-0.2, 0) is 9.53 Å². The van der Waals surface area contributed by atoms with Gasteiger partial charge in [-0.1, -0.05) is 0 Å². The van der Waals surface area contributed by atoms with Crippen LogP contribution in [0, 0.1) is 18.6 Å². The molecule has 2 aliphatic rings. The number of hydrogen-bond acceptors (Lipinski definition) is 5. The molecule has 34 heavy (non-hydrogen) atoms. The third-order valence-corrected chi connectivity index (χ3v) is 5.86. The maximum absolute atomic E-state index is 14.7. The molecular weight excluding hydrogens is 448 g/mol. The number of carbonyl (C=O) groups excluding carboxylic acids is 3. The summed E-state index contributed by atoms with van der Waals surface area (Å²) in [5.41, 5.74) is 0.895. The van der Waals surface area contributed by atoms with Gasteiger partial charge in [-0.25, -0.2) is 13.6 Å². The lowest BCUT2D eigenvalue weighted by Crippen LogP contribution is -2.36. The second-order valence-electron chi connectivity index (χ2n) is 8.21. The summed E-state index contributed by atoms with van der Waals surface area (Å²) in [6, 6.07) is 5.83. The van der Waals surface area contributed by atoms with E-state index in [1.54, 1.807) is 11.8 Å². The molecule has 0 bridgehead atoms. The number of nitrogens with zero attached hydrogens (tertiary/aromatic N) is 1. The van der Waals surface area contributed by atoms with Gasteiger partial charge in [-0.3, -0.25) is 9.59 Å². The van der Waals surface area contributed by atoms with Gasteiger partial charge < -0.3 is 25.0 Å². The number of amides is 3. The molecule has 2 aromatic rings. The van der Waals surface area contributed by atoms with Crippen molar-refractivity contribution in [2.24, 2.45) is 0 Å². The molecule has 0 spiro atoms. The van der Waals surface area contributed by atoms with Crippen LogP contribution < -0.4 is 15.4 Å². The molecule has 0 aromatic heterocycles. The topological polar surface area (TPSA) is 97.0 Å². The van der Waals surface area contributed by atoms with E-state index >= 15 is 0 Å².